The van der Waals surface area contributed by atoms with Crippen molar-refractivity contribution >= 4 is 28.4 Å². The third-order valence-corrected chi connectivity index (χ3v) is 9.43. The monoisotopic (exact) mass is 638 g/mol. The summed E-state index contributed by atoms with van der Waals surface area (Å²) in [5.74, 6) is 0.533. The van der Waals surface area contributed by atoms with Crippen molar-refractivity contribution in [2.45, 2.75) is 12.8 Å². The first kappa shape index (κ1) is 31.5. The number of rotatable bonds is 11. The number of amides is 1. The lowest BCUT2D eigenvalue weighted by Gasteiger charge is -2.34. The molecule has 1 aliphatic carbocycles. The largest absolute Gasteiger partial charge is 0.440 e. The minimum Gasteiger partial charge on any atom is -0.440 e. The van der Waals surface area contributed by atoms with Crippen LogP contribution in [0.3, 0.4) is 0 Å². The highest BCUT2D eigenvalue weighted by Gasteiger charge is 2.28. The summed E-state index contributed by atoms with van der Waals surface area (Å²) in [6, 6.07) is 19.7. The van der Waals surface area contributed by atoms with E-state index in [1.165, 1.54) is 5.56 Å². The van der Waals surface area contributed by atoms with Crippen LogP contribution < -0.4 is 15.6 Å². The molecule has 3 aromatic carbocycles. The summed E-state index contributed by atoms with van der Waals surface area (Å²) in [7, 11) is 0. The van der Waals surface area contributed by atoms with Gasteiger partial charge in [0, 0.05) is 81.9 Å². The molecule has 2 saturated heterocycles. The van der Waals surface area contributed by atoms with Crippen molar-refractivity contribution in [3.8, 4) is 22.3 Å². The van der Waals surface area contributed by atoms with Gasteiger partial charge in [-0.05, 0) is 47.2 Å². The fraction of sp³-hybridized carbons (Fsp3) is 0.405. The molecule has 0 bridgehead atoms. The highest BCUT2D eigenvalue weighted by Crippen LogP contribution is 2.47. The molecule has 246 valence electrons. The highest BCUT2D eigenvalue weighted by atomic mass is 16.5. The van der Waals surface area contributed by atoms with Crippen LogP contribution in [0.4, 0.5) is 11.6 Å². The summed E-state index contributed by atoms with van der Waals surface area (Å²) < 4.78 is 17.6. The number of anilines is 2. The Kier molecular flexibility index (Phi) is 9.64. The molecule has 7 rings (SSSR count). The SMILES string of the molecule is O=C(CN1CCN(CCOCCCO)CC1)Nc1ccc(-c2cccc3c(=O)cc(N4CCOCC4)oc23)c2c1-c1ccccc1C2. The van der Waals surface area contributed by atoms with Crippen LogP contribution in [0.2, 0.25) is 0 Å². The summed E-state index contributed by atoms with van der Waals surface area (Å²) >= 11 is 0. The molecule has 10 heteroatoms. The number of aliphatic hydroxyl groups excluding tert-OH is 1. The van der Waals surface area contributed by atoms with E-state index >= 15 is 0 Å². The van der Waals surface area contributed by atoms with E-state index in [1.807, 2.05) is 30.3 Å². The summed E-state index contributed by atoms with van der Waals surface area (Å²) in [6.07, 6.45) is 1.39. The van der Waals surface area contributed by atoms with Crippen LogP contribution in [-0.2, 0) is 20.7 Å². The number of piperazine rings is 1. The third-order valence-electron chi connectivity index (χ3n) is 9.43. The molecule has 0 saturated carbocycles. The zero-order chi connectivity index (χ0) is 32.2. The van der Waals surface area contributed by atoms with Gasteiger partial charge >= 0.3 is 0 Å². The normalized spacial score (nSPS) is 16.7. The Morgan fingerprint density at radius 3 is 2.49 bits per heavy atom. The first-order valence-corrected chi connectivity index (χ1v) is 16.7. The van der Waals surface area contributed by atoms with Crippen LogP contribution in [0.5, 0.6) is 0 Å². The number of hydrogen-bond acceptors (Lipinski definition) is 9. The lowest BCUT2D eigenvalue weighted by Crippen LogP contribution is -2.49. The van der Waals surface area contributed by atoms with Gasteiger partial charge in [-0.25, -0.2) is 0 Å². The smallest absolute Gasteiger partial charge is 0.238 e. The molecule has 10 nitrogen and oxygen atoms in total. The standard InChI is InChI=1S/C37H42N4O6/c42-18-4-19-45-20-15-39-11-13-40(14-12-39)25-34(44)38-32-10-9-28(31-23-26-5-1-2-6-27(26)36(31)32)29-7-3-8-30-33(43)24-35(47-37(29)30)41-16-21-46-22-17-41/h1-3,5-10,24,42H,4,11-23,25H2,(H,38,44). The van der Waals surface area contributed by atoms with Crippen LogP contribution in [0, 0.1) is 0 Å². The maximum atomic E-state index is 13.4. The quantitative estimate of drug-likeness (QED) is 0.209. The zero-order valence-electron chi connectivity index (χ0n) is 26.7. The van der Waals surface area contributed by atoms with Gasteiger partial charge in [-0.1, -0.05) is 42.5 Å². The van der Waals surface area contributed by atoms with Crippen molar-refractivity contribution < 1.29 is 23.8 Å². The molecule has 1 amide bonds. The van der Waals surface area contributed by atoms with Crippen LogP contribution in [-0.4, -0.2) is 106 Å². The maximum Gasteiger partial charge on any atom is 0.238 e. The molecule has 2 aliphatic heterocycles. The number of nitrogens with zero attached hydrogens (tertiary/aromatic N) is 3. The van der Waals surface area contributed by atoms with Gasteiger partial charge in [-0.2, -0.15) is 0 Å². The summed E-state index contributed by atoms with van der Waals surface area (Å²) in [4.78, 5) is 33.3. The Morgan fingerprint density at radius 1 is 0.872 bits per heavy atom. The van der Waals surface area contributed by atoms with Crippen molar-refractivity contribution in [3.63, 3.8) is 0 Å². The van der Waals surface area contributed by atoms with Crippen molar-refractivity contribution in [3.05, 3.63) is 82.0 Å². The molecule has 4 aromatic rings. The van der Waals surface area contributed by atoms with E-state index in [4.69, 9.17) is 19.0 Å². The molecule has 0 atom stereocenters. The number of fused-ring (bicyclic) bond motifs is 4. The second-order valence-corrected chi connectivity index (χ2v) is 12.4. The molecule has 47 heavy (non-hydrogen) atoms. The fourth-order valence-electron chi connectivity index (χ4n) is 6.95. The van der Waals surface area contributed by atoms with Crippen LogP contribution >= 0.6 is 0 Å². The molecule has 3 aliphatic rings. The first-order chi connectivity index (χ1) is 23.1. The number of carbonyl (C=O) groups is 1. The Bertz CT molecular complexity index is 1790. The number of morpholine rings is 1. The van der Waals surface area contributed by atoms with E-state index in [0.29, 0.717) is 69.3 Å². The van der Waals surface area contributed by atoms with Crippen LogP contribution in [0.1, 0.15) is 17.5 Å². The third kappa shape index (κ3) is 6.83. The molecule has 0 radical (unpaired) electrons. The Balaban J connectivity index is 1.13. The summed E-state index contributed by atoms with van der Waals surface area (Å²) in [5, 5.41) is 12.7. The van der Waals surface area contributed by atoms with Crippen LogP contribution in [0.15, 0.2) is 69.9 Å². The first-order valence-electron chi connectivity index (χ1n) is 16.7. The predicted molar refractivity (Wildman–Crippen MR) is 183 cm³/mol. The second-order valence-electron chi connectivity index (χ2n) is 12.4. The van der Waals surface area contributed by atoms with Gasteiger partial charge in [0.15, 0.2) is 11.3 Å². The number of aliphatic hydroxyl groups is 1. The van der Waals surface area contributed by atoms with Crippen molar-refractivity contribution in [1.82, 2.24) is 9.80 Å². The molecule has 1 aromatic heterocycles. The minimum absolute atomic E-state index is 0.0311. The highest BCUT2D eigenvalue weighted by molar-refractivity contribution is 6.03. The van der Waals surface area contributed by atoms with Crippen molar-refractivity contribution in [2.24, 2.45) is 0 Å². The molecule has 2 N–H and O–H groups in total. The Hall–Kier alpha value is -4.06. The number of carbonyl (C=O) groups excluding carboxylic acids is 1. The fourth-order valence-corrected chi connectivity index (χ4v) is 6.95. The van der Waals surface area contributed by atoms with Gasteiger partial charge < -0.3 is 29.2 Å². The average molecular weight is 639 g/mol. The molecule has 2 fully saturated rings. The number of hydrogen-bond donors (Lipinski definition) is 2. The molecular weight excluding hydrogens is 596 g/mol. The molecular formula is C37H42N4O6. The van der Waals surface area contributed by atoms with Gasteiger partial charge in [0.05, 0.1) is 31.8 Å². The van der Waals surface area contributed by atoms with Crippen molar-refractivity contribution in [1.29, 1.82) is 0 Å². The van der Waals surface area contributed by atoms with Gasteiger partial charge in [0.25, 0.3) is 0 Å². The lowest BCUT2D eigenvalue weighted by atomic mass is 9.93. The maximum absolute atomic E-state index is 13.4. The summed E-state index contributed by atoms with van der Waals surface area (Å²) in [6.45, 7) is 8.55. The van der Waals surface area contributed by atoms with Gasteiger partial charge in [-0.15, -0.1) is 0 Å². The van der Waals surface area contributed by atoms with E-state index in [9.17, 15) is 9.59 Å². The van der Waals surface area contributed by atoms with Gasteiger partial charge in [0.1, 0.15) is 5.58 Å². The molecule has 3 heterocycles. The van der Waals surface area contributed by atoms with E-state index in [2.05, 4.69) is 44.3 Å². The Morgan fingerprint density at radius 2 is 1.66 bits per heavy atom. The average Bonchev–Trinajstić information content (AvgIpc) is 3.50. The second kappa shape index (κ2) is 14.4. The van der Waals surface area contributed by atoms with E-state index in [1.54, 1.807) is 6.07 Å². The zero-order valence-corrected chi connectivity index (χ0v) is 26.7. The Labute approximate surface area is 274 Å². The van der Waals surface area contributed by atoms with Crippen molar-refractivity contribution in [2.75, 3.05) is 95.6 Å². The van der Waals surface area contributed by atoms with E-state index in [-0.39, 0.29) is 17.9 Å². The van der Waals surface area contributed by atoms with E-state index < -0.39 is 0 Å². The van der Waals surface area contributed by atoms with Gasteiger partial charge in [0.2, 0.25) is 5.91 Å². The number of para-hydroxylation sites is 1. The number of nitrogens with one attached hydrogen (secondary N) is 1. The molecule has 0 unspecified atom stereocenters. The van der Waals surface area contributed by atoms with Gasteiger partial charge in [-0.3, -0.25) is 19.4 Å². The number of benzene rings is 3. The van der Waals surface area contributed by atoms with E-state index in [0.717, 1.165) is 72.6 Å². The molecule has 0 spiro atoms. The minimum atomic E-state index is -0.0642. The topological polar surface area (TPSA) is 108 Å². The lowest BCUT2D eigenvalue weighted by molar-refractivity contribution is -0.117. The van der Waals surface area contributed by atoms with Crippen LogP contribution in [0.25, 0.3) is 33.2 Å². The summed E-state index contributed by atoms with van der Waals surface area (Å²) in [5.41, 5.74) is 7.65. The predicted octanol–water partition coefficient (Wildman–Crippen LogP) is 3.82. The number of ether oxygens (including phenoxy) is 2.